The van der Waals surface area contributed by atoms with Crippen molar-refractivity contribution in [2.45, 2.75) is 44.9 Å². The van der Waals surface area contributed by atoms with Crippen LogP contribution < -0.4 is 0 Å². The summed E-state index contributed by atoms with van der Waals surface area (Å²) in [5, 5.41) is 28.1. The Morgan fingerprint density at radius 1 is 1.56 bits per heavy atom. The van der Waals surface area contributed by atoms with Gasteiger partial charge in [0.2, 0.25) is 0 Å². The molecule has 3 N–H and O–H groups in total. The van der Waals surface area contributed by atoms with Gasteiger partial charge in [-0.05, 0) is 13.8 Å². The van der Waals surface area contributed by atoms with Crippen molar-refractivity contribution in [2.24, 2.45) is 0 Å². The van der Waals surface area contributed by atoms with Crippen molar-refractivity contribution in [1.82, 2.24) is 0 Å². The maximum Gasteiger partial charge on any atom is 0.303 e. The normalized spacial score (nSPS) is 29.7. The van der Waals surface area contributed by atoms with Crippen LogP contribution in [-0.2, 0) is 19.0 Å². The van der Waals surface area contributed by atoms with Crippen molar-refractivity contribution in [3.05, 3.63) is 12.0 Å². The van der Waals surface area contributed by atoms with Crippen LogP contribution in [0.2, 0.25) is 0 Å². The van der Waals surface area contributed by atoms with Gasteiger partial charge in [0.1, 0.15) is 18.5 Å². The molecular formula is C11H18O7. The van der Waals surface area contributed by atoms with E-state index in [1.165, 1.54) is 0 Å². The molecule has 1 heterocycles. The summed E-state index contributed by atoms with van der Waals surface area (Å²) < 4.78 is 15.5. The minimum absolute atomic E-state index is 0.0336. The minimum atomic E-state index is -1.29. The zero-order chi connectivity index (χ0) is 13.9. The third-order valence-corrected chi connectivity index (χ3v) is 2.42. The lowest BCUT2D eigenvalue weighted by molar-refractivity contribution is -0.317. The average Bonchev–Trinajstić information content (AvgIpc) is 2.28. The van der Waals surface area contributed by atoms with Gasteiger partial charge >= 0.3 is 5.97 Å². The molecule has 0 bridgehead atoms. The van der Waals surface area contributed by atoms with E-state index in [9.17, 15) is 15.0 Å². The van der Waals surface area contributed by atoms with Gasteiger partial charge in [-0.2, -0.15) is 0 Å². The molecule has 1 saturated heterocycles. The van der Waals surface area contributed by atoms with E-state index in [-0.39, 0.29) is 6.61 Å². The smallest absolute Gasteiger partial charge is 0.303 e. The van der Waals surface area contributed by atoms with Gasteiger partial charge in [0.05, 0.1) is 6.61 Å². The van der Waals surface area contributed by atoms with Gasteiger partial charge in [0, 0.05) is 6.92 Å². The second kappa shape index (κ2) is 5.55. The van der Waals surface area contributed by atoms with Crippen LogP contribution in [0, 0.1) is 0 Å². The van der Waals surface area contributed by atoms with Crippen LogP contribution in [0.4, 0.5) is 0 Å². The zero-order valence-electron chi connectivity index (χ0n) is 10.5. The highest BCUT2D eigenvalue weighted by Crippen LogP contribution is 2.27. The number of carbonyl (C=O) groups is 1. The van der Waals surface area contributed by atoms with Crippen molar-refractivity contribution in [3.63, 3.8) is 0 Å². The Morgan fingerprint density at radius 3 is 2.67 bits per heavy atom. The number of ether oxygens (including phenoxy) is 3. The fourth-order valence-electron chi connectivity index (χ4n) is 1.63. The minimum Gasteiger partial charge on any atom is -0.512 e. The van der Waals surface area contributed by atoms with Crippen LogP contribution in [0.1, 0.15) is 20.8 Å². The van der Waals surface area contributed by atoms with Gasteiger partial charge < -0.3 is 29.5 Å². The second-order valence-corrected chi connectivity index (χ2v) is 4.44. The summed E-state index contributed by atoms with van der Waals surface area (Å²) in [5.41, 5.74) is 0. The van der Waals surface area contributed by atoms with Crippen LogP contribution in [0.5, 0.6) is 0 Å². The molecule has 1 aliphatic heterocycles. The topological polar surface area (TPSA) is 105 Å². The van der Waals surface area contributed by atoms with E-state index in [4.69, 9.17) is 19.3 Å². The van der Waals surface area contributed by atoms with Gasteiger partial charge in [-0.1, -0.05) is 0 Å². The van der Waals surface area contributed by atoms with E-state index in [1.807, 2.05) is 0 Å². The molecule has 0 radical (unpaired) electrons. The molecular weight excluding hydrogens is 244 g/mol. The van der Waals surface area contributed by atoms with Crippen molar-refractivity contribution in [2.75, 3.05) is 6.61 Å². The van der Waals surface area contributed by atoms with Crippen LogP contribution in [0.3, 0.4) is 0 Å². The Bertz CT molecular complexity index is 336. The fraction of sp³-hybridized carbons (Fsp3) is 0.727. The number of aliphatic hydroxyl groups excluding tert-OH is 3. The van der Waals surface area contributed by atoms with E-state index in [0.29, 0.717) is 6.26 Å². The standard InChI is InChI=1S/C11H18O7/c1-6(13)17-9(7(14)4-12)10-8(15)5-16-11(2,3)18-10/h4,8-10,12,14-15H,5H2,1-3H3/b7-4-/t8-,9-,10-/m1/s1. The molecule has 104 valence electrons. The van der Waals surface area contributed by atoms with Crippen LogP contribution in [0.15, 0.2) is 12.0 Å². The summed E-state index contributed by atoms with van der Waals surface area (Å²) in [5.74, 6) is -2.27. The quantitative estimate of drug-likeness (QED) is 0.499. The number of rotatable bonds is 3. The molecule has 1 rings (SSSR count). The van der Waals surface area contributed by atoms with Crippen molar-refractivity contribution in [1.29, 1.82) is 0 Å². The molecule has 1 fully saturated rings. The molecule has 18 heavy (non-hydrogen) atoms. The number of aliphatic hydroxyl groups is 3. The predicted octanol–water partition coefficient (Wildman–Crippen LogP) is 0.388. The molecule has 0 aromatic heterocycles. The fourth-order valence-corrected chi connectivity index (χ4v) is 1.63. The molecule has 7 heteroatoms. The molecule has 3 atom stereocenters. The second-order valence-electron chi connectivity index (χ2n) is 4.44. The van der Waals surface area contributed by atoms with E-state index >= 15 is 0 Å². The summed E-state index contributed by atoms with van der Waals surface area (Å²) in [6.45, 7) is 4.36. The molecule has 0 spiro atoms. The van der Waals surface area contributed by atoms with E-state index in [2.05, 4.69) is 0 Å². The summed E-state index contributed by atoms with van der Waals surface area (Å²) in [6.07, 6.45) is -3.01. The Labute approximate surface area is 105 Å². The first kappa shape index (κ1) is 14.7. The first-order valence-corrected chi connectivity index (χ1v) is 5.47. The largest absolute Gasteiger partial charge is 0.512 e. The molecule has 0 amide bonds. The highest BCUT2D eigenvalue weighted by Gasteiger charge is 2.43. The van der Waals surface area contributed by atoms with Crippen molar-refractivity contribution >= 4 is 5.97 Å². The SMILES string of the molecule is CC(=O)O[C@H](/C(O)=C/O)[C@@H]1OC(C)(C)OC[C@H]1O. The van der Waals surface area contributed by atoms with Gasteiger partial charge in [-0.15, -0.1) is 0 Å². The highest BCUT2D eigenvalue weighted by atomic mass is 16.7. The van der Waals surface area contributed by atoms with Gasteiger partial charge in [-0.3, -0.25) is 4.79 Å². The Morgan fingerprint density at radius 2 is 2.17 bits per heavy atom. The van der Waals surface area contributed by atoms with Gasteiger partial charge in [0.15, 0.2) is 17.7 Å². The van der Waals surface area contributed by atoms with Crippen molar-refractivity contribution < 1.29 is 34.3 Å². The summed E-state index contributed by atoms with van der Waals surface area (Å²) in [7, 11) is 0. The van der Waals surface area contributed by atoms with Crippen LogP contribution in [-0.4, -0.2) is 52.0 Å². The first-order valence-electron chi connectivity index (χ1n) is 5.47. The lowest BCUT2D eigenvalue weighted by Gasteiger charge is -2.41. The molecule has 0 aliphatic carbocycles. The molecule has 0 aromatic carbocycles. The summed E-state index contributed by atoms with van der Waals surface area (Å²) in [6, 6.07) is 0. The van der Waals surface area contributed by atoms with Crippen LogP contribution in [0.25, 0.3) is 0 Å². The lowest BCUT2D eigenvalue weighted by atomic mass is 10.0. The van der Waals surface area contributed by atoms with Crippen LogP contribution >= 0.6 is 0 Å². The third-order valence-electron chi connectivity index (χ3n) is 2.42. The number of hydrogen-bond donors (Lipinski definition) is 3. The third kappa shape index (κ3) is 3.59. The molecule has 0 saturated carbocycles. The average molecular weight is 262 g/mol. The monoisotopic (exact) mass is 262 g/mol. The Balaban J connectivity index is 2.92. The van der Waals surface area contributed by atoms with Gasteiger partial charge in [-0.25, -0.2) is 0 Å². The number of hydrogen-bond acceptors (Lipinski definition) is 7. The predicted molar refractivity (Wildman–Crippen MR) is 59.8 cm³/mol. The summed E-state index contributed by atoms with van der Waals surface area (Å²) in [4.78, 5) is 11.0. The van der Waals surface area contributed by atoms with E-state index in [1.54, 1.807) is 13.8 Å². The maximum atomic E-state index is 11.0. The number of esters is 1. The molecule has 7 nitrogen and oxygen atoms in total. The van der Waals surface area contributed by atoms with E-state index in [0.717, 1.165) is 6.92 Å². The molecule has 0 aromatic rings. The highest BCUT2D eigenvalue weighted by molar-refractivity contribution is 5.66. The maximum absolute atomic E-state index is 11.0. The zero-order valence-corrected chi connectivity index (χ0v) is 10.5. The first-order chi connectivity index (χ1) is 8.26. The van der Waals surface area contributed by atoms with E-state index < -0.39 is 35.8 Å². The lowest BCUT2D eigenvalue weighted by Crippen LogP contribution is -2.54. The van der Waals surface area contributed by atoms with Crippen molar-refractivity contribution in [3.8, 4) is 0 Å². The van der Waals surface area contributed by atoms with Gasteiger partial charge in [0.25, 0.3) is 0 Å². The molecule has 0 unspecified atom stereocenters. The Hall–Kier alpha value is -1.31. The molecule has 1 aliphatic rings. The Kier molecular flexibility index (Phi) is 4.55. The number of carbonyl (C=O) groups excluding carboxylic acids is 1. The summed E-state index contributed by atoms with van der Waals surface area (Å²) >= 11 is 0.